The second-order valence-corrected chi connectivity index (χ2v) is 7.05. The molecule has 0 bridgehead atoms. The summed E-state index contributed by atoms with van der Waals surface area (Å²) in [4.78, 5) is 29.4. The fourth-order valence-corrected chi connectivity index (χ4v) is 4.41. The molecule has 136 valence electrons. The molecule has 2 atom stereocenters. The lowest BCUT2D eigenvalue weighted by atomic mass is 10.2. The van der Waals surface area contributed by atoms with Crippen LogP contribution in [0.5, 0.6) is 0 Å². The Bertz CT molecular complexity index is 1050. The third-order valence-corrected chi connectivity index (χ3v) is 5.68. The highest BCUT2D eigenvalue weighted by molar-refractivity contribution is 7.07. The maximum Gasteiger partial charge on any atom is 0.323 e. The number of thiazole rings is 1. The SMILES string of the molecule is CCN1C(=O)N(CC)C2C1NN=c1s/c(=C\c3ccccc3F)c(=O)n12. The Morgan fingerprint density at radius 2 is 1.96 bits per heavy atom. The van der Waals surface area contributed by atoms with Gasteiger partial charge in [0.15, 0.2) is 12.3 Å². The highest BCUT2D eigenvalue weighted by atomic mass is 32.1. The second-order valence-electron chi connectivity index (χ2n) is 6.04. The zero-order valence-electron chi connectivity index (χ0n) is 14.3. The zero-order chi connectivity index (χ0) is 18.4. The van der Waals surface area contributed by atoms with E-state index in [0.717, 1.165) is 0 Å². The van der Waals surface area contributed by atoms with Gasteiger partial charge in [0, 0.05) is 18.7 Å². The van der Waals surface area contributed by atoms with Gasteiger partial charge >= 0.3 is 6.03 Å². The first-order valence-electron chi connectivity index (χ1n) is 8.45. The summed E-state index contributed by atoms with van der Waals surface area (Å²) in [6.45, 7) is 4.76. The van der Waals surface area contributed by atoms with Crippen molar-refractivity contribution in [3.8, 4) is 0 Å². The number of carbonyl (C=O) groups is 1. The number of nitrogens with zero attached hydrogens (tertiary/aromatic N) is 4. The molecule has 1 saturated heterocycles. The molecule has 7 nitrogen and oxygen atoms in total. The quantitative estimate of drug-likeness (QED) is 0.855. The average molecular weight is 375 g/mol. The predicted octanol–water partition coefficient (Wildman–Crippen LogP) is 0.618. The lowest BCUT2D eigenvalue weighted by Gasteiger charge is -2.29. The molecule has 3 heterocycles. The highest BCUT2D eigenvalue weighted by Crippen LogP contribution is 2.28. The molecule has 0 aliphatic carbocycles. The normalized spacial score (nSPS) is 22.1. The van der Waals surface area contributed by atoms with Gasteiger partial charge in [-0.25, -0.2) is 9.18 Å². The van der Waals surface area contributed by atoms with Crippen molar-refractivity contribution in [2.75, 3.05) is 13.1 Å². The molecule has 1 aromatic heterocycles. The number of amides is 2. The molecule has 0 saturated carbocycles. The molecule has 2 aliphatic rings. The zero-order valence-corrected chi connectivity index (χ0v) is 15.2. The van der Waals surface area contributed by atoms with Gasteiger partial charge in [0.2, 0.25) is 4.80 Å². The van der Waals surface area contributed by atoms with Crippen LogP contribution in [0.15, 0.2) is 34.2 Å². The van der Waals surface area contributed by atoms with Crippen molar-refractivity contribution in [1.29, 1.82) is 0 Å². The first-order valence-corrected chi connectivity index (χ1v) is 9.26. The summed E-state index contributed by atoms with van der Waals surface area (Å²) in [5.74, 6) is -0.389. The first kappa shape index (κ1) is 16.8. The lowest BCUT2D eigenvalue weighted by molar-refractivity contribution is 0.151. The Morgan fingerprint density at radius 1 is 1.23 bits per heavy atom. The van der Waals surface area contributed by atoms with Crippen molar-refractivity contribution < 1.29 is 9.18 Å². The molecular weight excluding hydrogens is 357 g/mol. The van der Waals surface area contributed by atoms with Gasteiger partial charge in [-0.15, -0.1) is 5.10 Å². The number of carbonyl (C=O) groups excluding carboxylic acids is 1. The maximum absolute atomic E-state index is 13.9. The molecule has 1 fully saturated rings. The van der Waals surface area contributed by atoms with Crippen LogP contribution in [0.25, 0.3) is 6.08 Å². The van der Waals surface area contributed by atoms with Crippen molar-refractivity contribution in [3.05, 3.63) is 55.3 Å². The van der Waals surface area contributed by atoms with Crippen LogP contribution in [0.3, 0.4) is 0 Å². The standard InChI is InChI=1S/C17H18FN5O2S/c1-3-21-13-14(22(4-2)17(21)25)23-15(24)12(26-16(23)20-19-13)9-10-7-5-6-8-11(10)18/h5-9,13-14,19H,3-4H2,1-2H3/b12-9-. The number of halogens is 1. The minimum absolute atomic E-state index is 0.127. The molecule has 1 aromatic carbocycles. The number of aromatic nitrogens is 1. The van der Waals surface area contributed by atoms with Crippen molar-refractivity contribution >= 4 is 23.4 Å². The van der Waals surface area contributed by atoms with Crippen LogP contribution in [-0.2, 0) is 0 Å². The molecule has 0 spiro atoms. The summed E-state index contributed by atoms with van der Waals surface area (Å²) < 4.78 is 15.9. The molecule has 26 heavy (non-hydrogen) atoms. The molecule has 9 heteroatoms. The van der Waals surface area contributed by atoms with Gasteiger partial charge in [0.05, 0.1) is 4.53 Å². The molecule has 2 unspecified atom stereocenters. The highest BCUT2D eigenvalue weighted by Gasteiger charge is 2.48. The van der Waals surface area contributed by atoms with Gasteiger partial charge in [-0.05, 0) is 26.0 Å². The number of urea groups is 1. The minimum atomic E-state index is -0.466. The van der Waals surface area contributed by atoms with E-state index in [1.165, 1.54) is 28.0 Å². The Labute approximate surface area is 152 Å². The molecule has 0 radical (unpaired) electrons. The van der Waals surface area contributed by atoms with E-state index in [0.29, 0.717) is 28.0 Å². The van der Waals surface area contributed by atoms with Crippen LogP contribution in [0.1, 0.15) is 25.6 Å². The largest absolute Gasteiger partial charge is 0.323 e. The molecule has 4 rings (SSSR count). The van der Waals surface area contributed by atoms with E-state index >= 15 is 0 Å². The number of rotatable bonds is 3. The van der Waals surface area contributed by atoms with Crippen molar-refractivity contribution in [2.24, 2.45) is 5.10 Å². The number of hydrogen-bond donors (Lipinski definition) is 1. The molecule has 2 aliphatic heterocycles. The van der Waals surface area contributed by atoms with Crippen molar-refractivity contribution in [3.63, 3.8) is 0 Å². The summed E-state index contributed by atoms with van der Waals surface area (Å²) in [5.41, 5.74) is 3.08. The van der Waals surface area contributed by atoms with E-state index in [1.54, 1.807) is 28.0 Å². The van der Waals surface area contributed by atoms with E-state index in [1.807, 2.05) is 13.8 Å². The van der Waals surface area contributed by atoms with E-state index < -0.39 is 12.3 Å². The van der Waals surface area contributed by atoms with Crippen molar-refractivity contribution in [2.45, 2.75) is 26.2 Å². The Hall–Kier alpha value is -2.68. The number of likely N-dealkylation sites (N-methyl/N-ethyl adjacent to an activating group) is 2. The van der Waals surface area contributed by atoms with Gasteiger partial charge in [0.25, 0.3) is 5.56 Å². The van der Waals surface area contributed by atoms with Gasteiger partial charge in [0.1, 0.15) is 5.82 Å². The van der Waals surface area contributed by atoms with E-state index in [4.69, 9.17) is 0 Å². The van der Waals surface area contributed by atoms with Crippen LogP contribution < -0.4 is 20.3 Å². The first-order chi connectivity index (χ1) is 12.6. The van der Waals surface area contributed by atoms with E-state index in [-0.39, 0.29) is 17.4 Å². The lowest BCUT2D eigenvalue weighted by Crippen LogP contribution is -2.53. The van der Waals surface area contributed by atoms with Gasteiger partial charge in [-0.2, -0.15) is 0 Å². The number of benzene rings is 1. The van der Waals surface area contributed by atoms with E-state index in [2.05, 4.69) is 10.5 Å². The summed E-state index contributed by atoms with van der Waals surface area (Å²) in [6.07, 6.45) is 0.670. The van der Waals surface area contributed by atoms with E-state index in [9.17, 15) is 14.0 Å². The maximum atomic E-state index is 13.9. The fraction of sp³-hybridized carbons (Fsp3) is 0.353. The summed E-state index contributed by atoms with van der Waals surface area (Å²) in [5, 5.41) is 4.28. The molecule has 2 amide bonds. The minimum Gasteiger partial charge on any atom is -0.300 e. The third-order valence-electron chi connectivity index (χ3n) is 4.70. The number of fused-ring (bicyclic) bond motifs is 3. The number of nitrogens with one attached hydrogen (secondary N) is 1. The Kier molecular flexibility index (Phi) is 4.03. The molecule has 2 aromatic rings. The second kappa shape index (κ2) is 6.24. The van der Waals surface area contributed by atoms with Crippen LogP contribution in [-0.4, -0.2) is 39.7 Å². The van der Waals surface area contributed by atoms with Crippen molar-refractivity contribution in [1.82, 2.24) is 19.8 Å². The monoisotopic (exact) mass is 375 g/mol. The summed E-state index contributed by atoms with van der Waals surface area (Å²) in [6, 6.07) is 6.17. The van der Waals surface area contributed by atoms with Crippen LogP contribution in [0.2, 0.25) is 0 Å². The van der Waals surface area contributed by atoms with Crippen LogP contribution in [0, 0.1) is 5.82 Å². The van der Waals surface area contributed by atoms with Gasteiger partial charge in [-0.1, -0.05) is 29.5 Å². The fourth-order valence-electron chi connectivity index (χ4n) is 3.45. The third kappa shape index (κ3) is 2.34. The average Bonchev–Trinajstić information content (AvgIpc) is 3.10. The Morgan fingerprint density at radius 3 is 2.65 bits per heavy atom. The van der Waals surface area contributed by atoms with Gasteiger partial charge < -0.3 is 0 Å². The van der Waals surface area contributed by atoms with Gasteiger partial charge in [-0.3, -0.25) is 24.6 Å². The van der Waals surface area contributed by atoms with Crippen LogP contribution in [0.4, 0.5) is 9.18 Å². The predicted molar refractivity (Wildman–Crippen MR) is 95.4 cm³/mol. The topological polar surface area (TPSA) is 69.9 Å². The molecular formula is C17H18FN5O2S. The van der Waals surface area contributed by atoms with Crippen LogP contribution >= 0.6 is 11.3 Å². The Balaban J connectivity index is 1.89. The number of hydrogen-bond acceptors (Lipinski definition) is 5. The molecule has 1 N–H and O–H groups in total. The summed E-state index contributed by atoms with van der Waals surface area (Å²) in [7, 11) is 0. The smallest absolute Gasteiger partial charge is 0.300 e. The summed E-state index contributed by atoms with van der Waals surface area (Å²) >= 11 is 1.18.